The molecule has 1 heterocycles. The van der Waals surface area contributed by atoms with Gasteiger partial charge in [0.2, 0.25) is 0 Å². The summed E-state index contributed by atoms with van der Waals surface area (Å²) in [6, 6.07) is 5.54. The Bertz CT molecular complexity index is 540. The topological polar surface area (TPSA) is 60.2 Å². The van der Waals surface area contributed by atoms with Crippen LogP contribution in [-0.2, 0) is 13.7 Å². The van der Waals surface area contributed by atoms with Crippen molar-refractivity contribution in [3.05, 3.63) is 40.4 Å². The third-order valence-electron chi connectivity index (χ3n) is 2.59. The predicted molar refractivity (Wildman–Crippen MR) is 70.1 cm³/mol. The molecule has 2 rings (SSSR count). The molecule has 0 radical (unpaired) electrons. The highest BCUT2D eigenvalue weighted by Crippen LogP contribution is 2.29. The Morgan fingerprint density at radius 1 is 1.50 bits per heavy atom. The lowest BCUT2D eigenvalue weighted by Gasteiger charge is -2.13. The fourth-order valence-corrected chi connectivity index (χ4v) is 1.90. The third kappa shape index (κ3) is 2.88. The molecule has 0 bridgehead atoms. The first-order valence-electron chi connectivity index (χ1n) is 5.51. The van der Waals surface area contributed by atoms with Crippen LogP contribution in [-0.4, -0.2) is 19.9 Å². The lowest BCUT2D eigenvalue weighted by Crippen LogP contribution is -2.05. The molecule has 1 atom stereocenters. The van der Waals surface area contributed by atoms with Crippen LogP contribution in [0.5, 0.6) is 5.75 Å². The van der Waals surface area contributed by atoms with Crippen molar-refractivity contribution in [3.8, 4) is 5.75 Å². The Morgan fingerprint density at radius 2 is 2.28 bits per heavy atom. The van der Waals surface area contributed by atoms with Crippen LogP contribution in [0, 0.1) is 0 Å². The Labute approximate surface area is 114 Å². The van der Waals surface area contributed by atoms with Crippen LogP contribution in [0.2, 0.25) is 0 Å². The monoisotopic (exact) mass is 311 g/mol. The number of rotatable bonds is 4. The number of nitrogens with zero attached hydrogens (tertiary/aromatic N) is 3. The van der Waals surface area contributed by atoms with Crippen molar-refractivity contribution in [2.75, 3.05) is 0 Å². The lowest BCUT2D eigenvalue weighted by molar-refractivity contribution is 0.189. The fraction of sp³-hybridized carbons (Fsp3) is 0.333. The third-order valence-corrected chi connectivity index (χ3v) is 3.08. The van der Waals surface area contributed by atoms with Crippen LogP contribution >= 0.6 is 15.9 Å². The molecule has 0 unspecified atom stereocenters. The number of hydrogen-bond donors (Lipinski definition) is 1. The summed E-state index contributed by atoms with van der Waals surface area (Å²) in [6.45, 7) is 2.02. The SMILES string of the molecule is C[C@H](O)c1ccc(Br)cc1OCc1nncn1C. The molecule has 6 heteroatoms. The molecule has 5 nitrogen and oxygen atoms in total. The summed E-state index contributed by atoms with van der Waals surface area (Å²) >= 11 is 3.38. The maximum atomic E-state index is 9.68. The zero-order chi connectivity index (χ0) is 13.1. The van der Waals surface area contributed by atoms with E-state index in [4.69, 9.17) is 4.74 Å². The van der Waals surface area contributed by atoms with E-state index >= 15 is 0 Å². The van der Waals surface area contributed by atoms with Crippen molar-refractivity contribution < 1.29 is 9.84 Å². The second-order valence-corrected chi connectivity index (χ2v) is 4.92. The van der Waals surface area contributed by atoms with Crippen molar-refractivity contribution >= 4 is 15.9 Å². The van der Waals surface area contributed by atoms with Gasteiger partial charge in [0, 0.05) is 17.1 Å². The highest BCUT2D eigenvalue weighted by molar-refractivity contribution is 9.10. The zero-order valence-corrected chi connectivity index (χ0v) is 11.8. The summed E-state index contributed by atoms with van der Waals surface area (Å²) in [5, 5.41) is 17.4. The van der Waals surface area contributed by atoms with Gasteiger partial charge in [0.05, 0.1) is 6.10 Å². The molecule has 0 spiro atoms. The van der Waals surface area contributed by atoms with Gasteiger partial charge in [-0.3, -0.25) is 0 Å². The normalized spacial score (nSPS) is 12.4. The van der Waals surface area contributed by atoms with Gasteiger partial charge < -0.3 is 14.4 Å². The first-order chi connectivity index (χ1) is 8.58. The largest absolute Gasteiger partial charge is 0.485 e. The number of aliphatic hydroxyl groups is 1. The molecular formula is C12H14BrN3O2. The van der Waals surface area contributed by atoms with Crippen molar-refractivity contribution in [1.29, 1.82) is 0 Å². The minimum Gasteiger partial charge on any atom is -0.485 e. The molecule has 1 aromatic carbocycles. The van der Waals surface area contributed by atoms with E-state index in [1.165, 1.54) is 0 Å². The average Bonchev–Trinajstić information content (AvgIpc) is 2.72. The number of halogens is 1. The summed E-state index contributed by atoms with van der Waals surface area (Å²) in [5.41, 5.74) is 0.750. The van der Waals surface area contributed by atoms with Gasteiger partial charge in [-0.2, -0.15) is 0 Å². The van der Waals surface area contributed by atoms with Crippen LogP contribution in [0.3, 0.4) is 0 Å². The number of aliphatic hydroxyl groups excluding tert-OH is 1. The van der Waals surface area contributed by atoms with Gasteiger partial charge in [0.1, 0.15) is 18.7 Å². The van der Waals surface area contributed by atoms with Crippen molar-refractivity contribution in [1.82, 2.24) is 14.8 Å². The molecule has 0 aliphatic carbocycles. The van der Waals surface area contributed by atoms with Crippen LogP contribution in [0.25, 0.3) is 0 Å². The molecule has 0 aliphatic rings. The van der Waals surface area contributed by atoms with Gasteiger partial charge in [-0.25, -0.2) is 0 Å². The zero-order valence-electron chi connectivity index (χ0n) is 10.2. The van der Waals surface area contributed by atoms with Gasteiger partial charge in [-0.15, -0.1) is 10.2 Å². The molecule has 0 amide bonds. The Morgan fingerprint density at radius 3 is 2.89 bits per heavy atom. The standard InChI is InChI=1S/C12H14BrN3O2/c1-8(17)10-4-3-9(13)5-11(10)18-6-12-15-14-7-16(12)2/h3-5,7-8,17H,6H2,1-2H3/t8-/m0/s1. The molecule has 0 saturated heterocycles. The van der Waals surface area contributed by atoms with Gasteiger partial charge in [0.25, 0.3) is 0 Å². The van der Waals surface area contributed by atoms with E-state index in [2.05, 4.69) is 26.1 Å². The second-order valence-electron chi connectivity index (χ2n) is 4.00. The minimum atomic E-state index is -0.576. The van der Waals surface area contributed by atoms with Crippen LogP contribution in [0.15, 0.2) is 29.0 Å². The van der Waals surface area contributed by atoms with E-state index < -0.39 is 6.10 Å². The smallest absolute Gasteiger partial charge is 0.170 e. The minimum absolute atomic E-state index is 0.312. The van der Waals surface area contributed by atoms with Crippen LogP contribution in [0.1, 0.15) is 24.4 Å². The van der Waals surface area contributed by atoms with E-state index in [0.29, 0.717) is 12.4 Å². The van der Waals surface area contributed by atoms with Gasteiger partial charge in [-0.1, -0.05) is 22.0 Å². The number of ether oxygens (including phenoxy) is 1. The predicted octanol–water partition coefficient (Wildman–Crippen LogP) is 2.21. The maximum Gasteiger partial charge on any atom is 0.170 e. The van der Waals surface area contributed by atoms with Crippen molar-refractivity contribution in [2.45, 2.75) is 19.6 Å². The number of aromatic nitrogens is 3. The van der Waals surface area contributed by atoms with E-state index in [9.17, 15) is 5.11 Å². The quantitative estimate of drug-likeness (QED) is 0.940. The van der Waals surface area contributed by atoms with E-state index in [1.807, 2.05) is 25.2 Å². The molecule has 1 aromatic heterocycles. The summed E-state index contributed by atoms with van der Waals surface area (Å²) in [4.78, 5) is 0. The molecule has 0 aliphatic heterocycles. The van der Waals surface area contributed by atoms with Gasteiger partial charge >= 0.3 is 0 Å². The van der Waals surface area contributed by atoms with Gasteiger partial charge in [-0.05, 0) is 19.1 Å². The molecule has 18 heavy (non-hydrogen) atoms. The second kappa shape index (κ2) is 5.49. The highest BCUT2D eigenvalue weighted by atomic mass is 79.9. The van der Waals surface area contributed by atoms with Crippen LogP contribution in [0.4, 0.5) is 0 Å². The fourth-order valence-electron chi connectivity index (χ4n) is 1.56. The number of aryl methyl sites for hydroxylation is 1. The Hall–Kier alpha value is -1.40. The molecule has 1 N–H and O–H groups in total. The average molecular weight is 312 g/mol. The first kappa shape index (κ1) is 13.0. The molecule has 96 valence electrons. The maximum absolute atomic E-state index is 9.68. The van der Waals surface area contributed by atoms with Gasteiger partial charge in [0.15, 0.2) is 5.82 Å². The van der Waals surface area contributed by atoms with Crippen molar-refractivity contribution in [2.24, 2.45) is 7.05 Å². The highest BCUT2D eigenvalue weighted by Gasteiger charge is 2.11. The Balaban J connectivity index is 2.18. The molecule has 0 fully saturated rings. The summed E-state index contributed by atoms with van der Waals surface area (Å²) in [5.74, 6) is 1.37. The number of hydrogen-bond acceptors (Lipinski definition) is 4. The Kier molecular flexibility index (Phi) is 3.98. The van der Waals surface area contributed by atoms with Crippen molar-refractivity contribution in [3.63, 3.8) is 0 Å². The summed E-state index contributed by atoms with van der Waals surface area (Å²) in [7, 11) is 1.86. The lowest BCUT2D eigenvalue weighted by atomic mass is 10.1. The molecular weight excluding hydrogens is 298 g/mol. The van der Waals surface area contributed by atoms with E-state index in [0.717, 1.165) is 15.9 Å². The van der Waals surface area contributed by atoms with E-state index in [1.54, 1.807) is 17.8 Å². The van der Waals surface area contributed by atoms with E-state index in [-0.39, 0.29) is 0 Å². The summed E-state index contributed by atoms with van der Waals surface area (Å²) in [6.07, 6.45) is 1.04. The molecule has 0 saturated carbocycles. The van der Waals surface area contributed by atoms with Crippen LogP contribution < -0.4 is 4.74 Å². The number of benzene rings is 1. The summed E-state index contributed by atoms with van der Waals surface area (Å²) < 4.78 is 8.39. The molecule has 2 aromatic rings. The first-order valence-corrected chi connectivity index (χ1v) is 6.30.